The molecule has 0 fully saturated rings. The molecule has 7 heteroatoms. The van der Waals surface area contributed by atoms with Gasteiger partial charge in [-0.05, 0) is 18.2 Å². The maximum atomic E-state index is 13.6. The topological polar surface area (TPSA) is 62.3 Å². The SMILES string of the molecule is CNc1ccc(S(=O)(=O)N(C)Cc2ccccc2F)cn1. The first kappa shape index (κ1) is 15.4. The van der Waals surface area contributed by atoms with Crippen LogP contribution < -0.4 is 5.32 Å². The van der Waals surface area contributed by atoms with Gasteiger partial charge in [-0.3, -0.25) is 0 Å². The number of sulfonamides is 1. The number of anilines is 1. The molecule has 1 N–H and O–H groups in total. The summed E-state index contributed by atoms with van der Waals surface area (Å²) < 4.78 is 39.5. The van der Waals surface area contributed by atoms with Gasteiger partial charge >= 0.3 is 0 Å². The Bertz CT molecular complexity index is 717. The Labute approximate surface area is 123 Å². The molecule has 0 saturated carbocycles. The van der Waals surface area contributed by atoms with Crippen molar-refractivity contribution in [3.05, 3.63) is 54.0 Å². The van der Waals surface area contributed by atoms with Crippen LogP contribution in [0.3, 0.4) is 0 Å². The second-order valence-corrected chi connectivity index (χ2v) is 6.53. The molecular formula is C14H16FN3O2S. The second-order valence-electron chi connectivity index (χ2n) is 4.48. The Kier molecular flexibility index (Phi) is 4.54. The van der Waals surface area contributed by atoms with Crippen molar-refractivity contribution in [3.8, 4) is 0 Å². The minimum atomic E-state index is -3.70. The van der Waals surface area contributed by atoms with Crippen molar-refractivity contribution in [1.29, 1.82) is 0 Å². The monoisotopic (exact) mass is 309 g/mol. The minimum Gasteiger partial charge on any atom is -0.373 e. The van der Waals surface area contributed by atoms with Crippen molar-refractivity contribution in [2.75, 3.05) is 19.4 Å². The van der Waals surface area contributed by atoms with Crippen LogP contribution in [0.25, 0.3) is 0 Å². The molecule has 21 heavy (non-hydrogen) atoms. The van der Waals surface area contributed by atoms with Crippen LogP contribution in [0, 0.1) is 5.82 Å². The van der Waals surface area contributed by atoms with Crippen molar-refractivity contribution >= 4 is 15.8 Å². The molecule has 2 rings (SSSR count). The van der Waals surface area contributed by atoms with E-state index in [-0.39, 0.29) is 11.4 Å². The molecule has 1 heterocycles. The number of hydrogen-bond acceptors (Lipinski definition) is 4. The van der Waals surface area contributed by atoms with Gasteiger partial charge in [-0.15, -0.1) is 0 Å². The smallest absolute Gasteiger partial charge is 0.244 e. The fourth-order valence-corrected chi connectivity index (χ4v) is 2.91. The molecule has 0 atom stereocenters. The zero-order chi connectivity index (χ0) is 15.5. The molecule has 0 aliphatic carbocycles. The van der Waals surface area contributed by atoms with Crippen molar-refractivity contribution in [1.82, 2.24) is 9.29 Å². The van der Waals surface area contributed by atoms with Crippen LogP contribution in [-0.2, 0) is 16.6 Å². The number of halogens is 1. The molecule has 0 spiro atoms. The van der Waals surface area contributed by atoms with E-state index in [2.05, 4.69) is 10.3 Å². The van der Waals surface area contributed by atoms with E-state index in [1.807, 2.05) is 0 Å². The lowest BCUT2D eigenvalue weighted by molar-refractivity contribution is 0.456. The van der Waals surface area contributed by atoms with E-state index < -0.39 is 15.8 Å². The van der Waals surface area contributed by atoms with Crippen molar-refractivity contribution < 1.29 is 12.8 Å². The van der Waals surface area contributed by atoms with Crippen LogP contribution in [0.2, 0.25) is 0 Å². The lowest BCUT2D eigenvalue weighted by Crippen LogP contribution is -2.27. The summed E-state index contributed by atoms with van der Waals surface area (Å²) in [6, 6.07) is 9.13. The molecular weight excluding hydrogens is 293 g/mol. The number of nitrogens with one attached hydrogen (secondary N) is 1. The summed E-state index contributed by atoms with van der Waals surface area (Å²) in [5, 5.41) is 2.81. The third kappa shape index (κ3) is 3.37. The second kappa shape index (κ2) is 6.19. The molecule has 0 amide bonds. The van der Waals surface area contributed by atoms with E-state index >= 15 is 0 Å². The lowest BCUT2D eigenvalue weighted by Gasteiger charge is -2.17. The quantitative estimate of drug-likeness (QED) is 0.918. The summed E-state index contributed by atoms with van der Waals surface area (Å²) in [6.07, 6.45) is 1.28. The summed E-state index contributed by atoms with van der Waals surface area (Å²) >= 11 is 0. The number of pyridine rings is 1. The molecule has 1 aromatic heterocycles. The van der Waals surface area contributed by atoms with Crippen LogP contribution >= 0.6 is 0 Å². The molecule has 0 unspecified atom stereocenters. The first-order chi connectivity index (χ1) is 9.95. The van der Waals surface area contributed by atoms with E-state index in [1.165, 1.54) is 25.4 Å². The van der Waals surface area contributed by atoms with Gasteiger partial charge < -0.3 is 5.32 Å². The molecule has 0 bridgehead atoms. The van der Waals surface area contributed by atoms with Gasteiger partial charge in [0.2, 0.25) is 10.0 Å². The summed E-state index contributed by atoms with van der Waals surface area (Å²) in [5.41, 5.74) is 0.323. The van der Waals surface area contributed by atoms with Crippen molar-refractivity contribution in [3.63, 3.8) is 0 Å². The number of nitrogens with zero attached hydrogens (tertiary/aromatic N) is 2. The maximum Gasteiger partial charge on any atom is 0.244 e. The Balaban J connectivity index is 2.24. The largest absolute Gasteiger partial charge is 0.373 e. The lowest BCUT2D eigenvalue weighted by atomic mass is 10.2. The summed E-state index contributed by atoms with van der Waals surface area (Å²) in [4.78, 5) is 4.05. The average Bonchev–Trinajstić information content (AvgIpc) is 2.49. The Hall–Kier alpha value is -1.99. The Morgan fingerprint density at radius 3 is 2.52 bits per heavy atom. The van der Waals surface area contributed by atoms with Crippen LogP contribution in [0.1, 0.15) is 5.56 Å². The summed E-state index contributed by atoms with van der Waals surface area (Å²) in [7, 11) is -0.597. The Morgan fingerprint density at radius 2 is 1.95 bits per heavy atom. The predicted molar refractivity (Wildman–Crippen MR) is 78.8 cm³/mol. The van der Waals surface area contributed by atoms with E-state index in [0.29, 0.717) is 11.4 Å². The molecule has 0 aliphatic heterocycles. The number of aromatic nitrogens is 1. The average molecular weight is 309 g/mol. The highest BCUT2D eigenvalue weighted by molar-refractivity contribution is 7.89. The highest BCUT2D eigenvalue weighted by Crippen LogP contribution is 2.18. The van der Waals surface area contributed by atoms with E-state index in [0.717, 1.165) is 4.31 Å². The van der Waals surface area contributed by atoms with Crippen LogP contribution in [0.4, 0.5) is 10.2 Å². The van der Waals surface area contributed by atoms with Gasteiger partial charge in [-0.2, -0.15) is 4.31 Å². The van der Waals surface area contributed by atoms with E-state index in [1.54, 1.807) is 31.3 Å². The Morgan fingerprint density at radius 1 is 1.24 bits per heavy atom. The molecule has 1 aromatic carbocycles. The zero-order valence-corrected chi connectivity index (χ0v) is 12.6. The number of hydrogen-bond donors (Lipinski definition) is 1. The molecule has 0 radical (unpaired) electrons. The van der Waals surface area contributed by atoms with Gasteiger partial charge in [-0.1, -0.05) is 18.2 Å². The predicted octanol–water partition coefficient (Wildman–Crippen LogP) is 2.08. The molecule has 2 aromatic rings. The van der Waals surface area contributed by atoms with Crippen LogP contribution in [0.15, 0.2) is 47.5 Å². The highest BCUT2D eigenvalue weighted by Gasteiger charge is 2.22. The summed E-state index contributed by atoms with van der Waals surface area (Å²) in [6.45, 7) is -0.0389. The van der Waals surface area contributed by atoms with Gasteiger partial charge in [0, 0.05) is 32.4 Å². The van der Waals surface area contributed by atoms with Gasteiger partial charge in [0.25, 0.3) is 0 Å². The number of rotatable bonds is 5. The number of benzene rings is 1. The third-order valence-corrected chi connectivity index (χ3v) is 4.84. The third-order valence-electron chi connectivity index (χ3n) is 3.05. The molecule has 5 nitrogen and oxygen atoms in total. The van der Waals surface area contributed by atoms with Crippen LogP contribution in [0.5, 0.6) is 0 Å². The van der Waals surface area contributed by atoms with Crippen molar-refractivity contribution in [2.24, 2.45) is 0 Å². The first-order valence-electron chi connectivity index (χ1n) is 6.28. The fraction of sp³-hybridized carbons (Fsp3) is 0.214. The molecule has 0 aliphatic rings. The van der Waals surface area contributed by atoms with Gasteiger partial charge in [-0.25, -0.2) is 17.8 Å². The minimum absolute atomic E-state index is 0.0389. The highest BCUT2D eigenvalue weighted by atomic mass is 32.2. The first-order valence-corrected chi connectivity index (χ1v) is 7.72. The fourth-order valence-electron chi connectivity index (χ4n) is 1.81. The normalized spacial score (nSPS) is 11.6. The van der Waals surface area contributed by atoms with E-state index in [4.69, 9.17) is 0 Å². The van der Waals surface area contributed by atoms with E-state index in [9.17, 15) is 12.8 Å². The summed E-state index contributed by atoms with van der Waals surface area (Å²) in [5.74, 6) is 0.147. The van der Waals surface area contributed by atoms with Crippen molar-refractivity contribution in [2.45, 2.75) is 11.4 Å². The van der Waals surface area contributed by atoms with Gasteiger partial charge in [0.15, 0.2) is 0 Å². The maximum absolute atomic E-state index is 13.6. The van der Waals surface area contributed by atoms with Crippen LogP contribution in [-0.4, -0.2) is 31.8 Å². The van der Waals surface area contributed by atoms with Gasteiger partial charge in [0.05, 0.1) is 0 Å². The standard InChI is InChI=1S/C14H16FN3O2S/c1-16-14-8-7-12(9-17-14)21(19,20)18(2)10-11-5-3-4-6-13(11)15/h3-9H,10H2,1-2H3,(H,16,17). The molecule has 0 saturated heterocycles. The zero-order valence-electron chi connectivity index (χ0n) is 11.7. The van der Waals surface area contributed by atoms with Gasteiger partial charge in [0.1, 0.15) is 16.5 Å². The molecule has 112 valence electrons.